The third-order valence-corrected chi connectivity index (χ3v) is 3.55. The molecule has 0 aromatic heterocycles. The van der Waals surface area contributed by atoms with Gasteiger partial charge in [-0.3, -0.25) is 0 Å². The van der Waals surface area contributed by atoms with Crippen molar-refractivity contribution in [3.63, 3.8) is 0 Å². The molecule has 1 N–H and O–H groups in total. The normalized spacial score (nSPS) is 13.1. The van der Waals surface area contributed by atoms with E-state index < -0.39 is 5.97 Å². The second-order valence-electron chi connectivity index (χ2n) is 5.05. The number of likely N-dealkylation sites (N-methyl/N-ethyl adjacent to an activating group) is 1. The largest absolute Gasteiger partial charge is 0.478 e. The second-order valence-corrected chi connectivity index (χ2v) is 5.05. The van der Waals surface area contributed by atoms with Crippen molar-refractivity contribution in [2.75, 3.05) is 26.8 Å². The topological polar surface area (TPSA) is 70.1 Å². The average molecular weight is 292 g/mol. The van der Waals surface area contributed by atoms with Gasteiger partial charge in [-0.1, -0.05) is 6.07 Å². The fourth-order valence-corrected chi connectivity index (χ4v) is 2.35. The SMILES string of the molecule is CCOCCN(C)C(=O)N1Cc2ccc(C(=O)O)cc2C1. The first kappa shape index (κ1) is 15.3. The standard InChI is InChI=1S/C15H20N2O4/c1-3-21-7-6-16(2)15(20)17-9-12-5-4-11(14(18)19)8-13(12)10-17/h4-5,8H,3,6-7,9-10H2,1-2H3,(H,18,19). The van der Waals surface area contributed by atoms with E-state index in [0.29, 0.717) is 32.8 Å². The molecule has 1 aromatic rings. The number of fused-ring (bicyclic) bond motifs is 1. The van der Waals surface area contributed by atoms with Crippen LogP contribution in [-0.2, 0) is 17.8 Å². The van der Waals surface area contributed by atoms with Gasteiger partial charge in [0.2, 0.25) is 0 Å². The molecular formula is C15H20N2O4. The lowest BCUT2D eigenvalue weighted by molar-refractivity contribution is 0.0696. The number of carbonyl (C=O) groups excluding carboxylic acids is 1. The summed E-state index contributed by atoms with van der Waals surface area (Å²) < 4.78 is 5.24. The third kappa shape index (κ3) is 3.52. The number of carbonyl (C=O) groups is 2. The first-order chi connectivity index (χ1) is 10.0. The van der Waals surface area contributed by atoms with Crippen molar-refractivity contribution in [3.8, 4) is 0 Å². The number of aromatic carboxylic acids is 1. The molecule has 6 nitrogen and oxygen atoms in total. The molecule has 0 saturated carbocycles. The van der Waals surface area contributed by atoms with E-state index in [1.165, 1.54) is 0 Å². The third-order valence-electron chi connectivity index (χ3n) is 3.55. The Morgan fingerprint density at radius 3 is 2.71 bits per heavy atom. The van der Waals surface area contributed by atoms with E-state index in [1.54, 1.807) is 35.0 Å². The van der Waals surface area contributed by atoms with Gasteiger partial charge in [-0.05, 0) is 30.2 Å². The van der Waals surface area contributed by atoms with Gasteiger partial charge in [-0.15, -0.1) is 0 Å². The fraction of sp³-hybridized carbons (Fsp3) is 0.467. The zero-order valence-corrected chi connectivity index (χ0v) is 12.3. The highest BCUT2D eigenvalue weighted by molar-refractivity contribution is 5.88. The minimum Gasteiger partial charge on any atom is -0.478 e. The number of hydrogen-bond acceptors (Lipinski definition) is 3. The summed E-state index contributed by atoms with van der Waals surface area (Å²) in [5.74, 6) is -0.948. The highest BCUT2D eigenvalue weighted by Crippen LogP contribution is 2.24. The lowest BCUT2D eigenvalue weighted by atomic mass is 10.1. The zero-order valence-electron chi connectivity index (χ0n) is 12.3. The van der Waals surface area contributed by atoms with E-state index in [1.807, 2.05) is 6.92 Å². The Kier molecular flexibility index (Phi) is 4.80. The number of ether oxygens (including phenoxy) is 1. The van der Waals surface area contributed by atoms with Gasteiger partial charge in [-0.25, -0.2) is 9.59 Å². The molecule has 0 saturated heterocycles. The van der Waals surface area contributed by atoms with Gasteiger partial charge in [0.1, 0.15) is 0 Å². The summed E-state index contributed by atoms with van der Waals surface area (Å²) in [6.07, 6.45) is 0. The van der Waals surface area contributed by atoms with Crippen LogP contribution in [0.3, 0.4) is 0 Å². The predicted octanol–water partition coefficient (Wildman–Crippen LogP) is 1.79. The minimum absolute atomic E-state index is 0.0669. The van der Waals surface area contributed by atoms with Gasteiger partial charge in [0, 0.05) is 33.3 Å². The molecule has 0 atom stereocenters. The first-order valence-corrected chi connectivity index (χ1v) is 6.95. The Labute approximate surface area is 123 Å². The Morgan fingerprint density at radius 1 is 1.33 bits per heavy atom. The molecule has 1 heterocycles. The van der Waals surface area contributed by atoms with E-state index in [-0.39, 0.29) is 11.6 Å². The van der Waals surface area contributed by atoms with Gasteiger partial charge in [0.25, 0.3) is 0 Å². The maximum Gasteiger partial charge on any atom is 0.335 e. The van der Waals surface area contributed by atoms with Crippen molar-refractivity contribution < 1.29 is 19.4 Å². The number of benzene rings is 1. The number of rotatable bonds is 5. The molecule has 1 aliphatic heterocycles. The quantitative estimate of drug-likeness (QED) is 0.840. The van der Waals surface area contributed by atoms with E-state index >= 15 is 0 Å². The lowest BCUT2D eigenvalue weighted by Crippen LogP contribution is -2.39. The molecule has 0 aliphatic carbocycles. The maximum absolute atomic E-state index is 12.3. The molecule has 2 rings (SSSR count). The van der Waals surface area contributed by atoms with Crippen LogP contribution >= 0.6 is 0 Å². The number of amides is 2. The van der Waals surface area contributed by atoms with Gasteiger partial charge in [-0.2, -0.15) is 0 Å². The zero-order chi connectivity index (χ0) is 15.4. The van der Waals surface area contributed by atoms with Gasteiger partial charge >= 0.3 is 12.0 Å². The van der Waals surface area contributed by atoms with E-state index in [0.717, 1.165) is 11.1 Å². The molecule has 0 bridgehead atoms. The smallest absolute Gasteiger partial charge is 0.335 e. The maximum atomic E-state index is 12.3. The second kappa shape index (κ2) is 6.58. The van der Waals surface area contributed by atoms with Crippen LogP contribution in [-0.4, -0.2) is 53.7 Å². The number of urea groups is 1. The summed E-state index contributed by atoms with van der Waals surface area (Å²) in [6, 6.07) is 4.94. The fourth-order valence-electron chi connectivity index (χ4n) is 2.35. The summed E-state index contributed by atoms with van der Waals surface area (Å²) in [5.41, 5.74) is 2.17. The molecule has 6 heteroatoms. The molecule has 0 unspecified atom stereocenters. The number of nitrogens with zero attached hydrogens (tertiary/aromatic N) is 2. The van der Waals surface area contributed by atoms with Crippen molar-refractivity contribution >= 4 is 12.0 Å². The van der Waals surface area contributed by atoms with Crippen molar-refractivity contribution in [2.24, 2.45) is 0 Å². The monoisotopic (exact) mass is 292 g/mol. The van der Waals surface area contributed by atoms with Crippen LogP contribution in [0.5, 0.6) is 0 Å². The summed E-state index contributed by atoms with van der Waals surface area (Å²) in [7, 11) is 1.74. The Balaban J connectivity index is 1.98. The van der Waals surface area contributed by atoms with Crippen LogP contribution in [0.4, 0.5) is 4.79 Å². The molecular weight excluding hydrogens is 272 g/mol. The molecule has 1 aromatic carbocycles. The molecule has 0 radical (unpaired) electrons. The summed E-state index contributed by atoms with van der Waals surface area (Å²) >= 11 is 0. The number of hydrogen-bond donors (Lipinski definition) is 1. The van der Waals surface area contributed by atoms with E-state index in [4.69, 9.17) is 9.84 Å². The predicted molar refractivity (Wildman–Crippen MR) is 77.2 cm³/mol. The molecule has 21 heavy (non-hydrogen) atoms. The van der Waals surface area contributed by atoms with Crippen LogP contribution in [0.2, 0.25) is 0 Å². The van der Waals surface area contributed by atoms with Crippen molar-refractivity contribution in [3.05, 3.63) is 34.9 Å². The van der Waals surface area contributed by atoms with Crippen LogP contribution in [0, 0.1) is 0 Å². The van der Waals surface area contributed by atoms with Crippen LogP contribution in [0.25, 0.3) is 0 Å². The average Bonchev–Trinajstić information content (AvgIpc) is 2.89. The van der Waals surface area contributed by atoms with Gasteiger partial charge in [0.15, 0.2) is 0 Å². The van der Waals surface area contributed by atoms with E-state index in [2.05, 4.69) is 0 Å². The molecule has 114 valence electrons. The minimum atomic E-state index is -0.948. The number of carboxylic acid groups (broad SMARTS) is 1. The Morgan fingerprint density at radius 2 is 2.05 bits per heavy atom. The van der Waals surface area contributed by atoms with Crippen molar-refractivity contribution in [1.82, 2.24) is 9.80 Å². The van der Waals surface area contributed by atoms with Crippen molar-refractivity contribution in [1.29, 1.82) is 0 Å². The molecule has 0 spiro atoms. The summed E-state index contributed by atoms with van der Waals surface area (Å²) in [4.78, 5) is 26.6. The molecule has 1 aliphatic rings. The number of carboxylic acids is 1. The Hall–Kier alpha value is -2.08. The highest BCUT2D eigenvalue weighted by Gasteiger charge is 2.26. The van der Waals surface area contributed by atoms with Crippen LogP contribution < -0.4 is 0 Å². The van der Waals surface area contributed by atoms with Gasteiger partial charge < -0.3 is 19.6 Å². The van der Waals surface area contributed by atoms with Crippen LogP contribution in [0.15, 0.2) is 18.2 Å². The summed E-state index contributed by atoms with van der Waals surface area (Å²) in [5, 5.41) is 9.00. The highest BCUT2D eigenvalue weighted by atomic mass is 16.5. The van der Waals surface area contributed by atoms with Crippen LogP contribution in [0.1, 0.15) is 28.4 Å². The molecule has 2 amide bonds. The van der Waals surface area contributed by atoms with E-state index in [9.17, 15) is 9.59 Å². The Bertz CT molecular complexity index is 544. The summed E-state index contributed by atoms with van der Waals surface area (Å²) in [6.45, 7) is 4.58. The molecule has 0 fully saturated rings. The van der Waals surface area contributed by atoms with Crippen molar-refractivity contribution in [2.45, 2.75) is 20.0 Å². The first-order valence-electron chi connectivity index (χ1n) is 6.95. The lowest BCUT2D eigenvalue weighted by Gasteiger charge is -2.24. The van der Waals surface area contributed by atoms with Gasteiger partial charge in [0.05, 0.1) is 12.2 Å².